The predicted octanol–water partition coefficient (Wildman–Crippen LogP) is 2.71. The van der Waals surface area contributed by atoms with Crippen molar-refractivity contribution < 1.29 is 10.0 Å². The Morgan fingerprint density at radius 1 is 1.32 bits per heavy atom. The molecule has 2 aromatic rings. The molecular formula is C12H14N2O3S2. The number of aliphatic hydroxyl groups excluding tert-OH is 1. The van der Waals surface area contributed by atoms with Gasteiger partial charge in [0.1, 0.15) is 0 Å². The minimum absolute atomic E-state index is 0.0797. The van der Waals surface area contributed by atoms with Gasteiger partial charge in [-0.15, -0.1) is 0 Å². The van der Waals surface area contributed by atoms with E-state index in [9.17, 15) is 10.1 Å². The molecule has 2 aromatic heterocycles. The standard InChI is InChI=1S/C12H14N2O3S2/c15-3-2-13(6-10-1-4-18-8-10)7-11-5-12(14(16)17)19-9-11/h1,4-5,8-9,15H,2-3,6-7H2. The Bertz CT molecular complexity index is 525. The number of nitrogens with zero attached hydrogens (tertiary/aromatic N) is 2. The first-order valence-electron chi connectivity index (χ1n) is 5.75. The fraction of sp³-hybridized carbons (Fsp3) is 0.333. The summed E-state index contributed by atoms with van der Waals surface area (Å²) in [4.78, 5) is 12.4. The molecule has 0 amide bonds. The summed E-state index contributed by atoms with van der Waals surface area (Å²) in [6.45, 7) is 1.99. The summed E-state index contributed by atoms with van der Waals surface area (Å²) in [7, 11) is 0. The van der Waals surface area contributed by atoms with Gasteiger partial charge in [-0.05, 0) is 28.0 Å². The first-order chi connectivity index (χ1) is 9.19. The van der Waals surface area contributed by atoms with Gasteiger partial charge in [0.2, 0.25) is 0 Å². The number of thiophene rings is 2. The van der Waals surface area contributed by atoms with Crippen molar-refractivity contribution in [1.29, 1.82) is 0 Å². The SMILES string of the molecule is O=[N+]([O-])c1cc(CN(CCO)Cc2ccsc2)cs1. The number of rotatable bonds is 7. The van der Waals surface area contributed by atoms with Crippen LogP contribution < -0.4 is 0 Å². The van der Waals surface area contributed by atoms with Crippen LogP contribution in [0.2, 0.25) is 0 Å². The van der Waals surface area contributed by atoms with E-state index in [2.05, 4.69) is 10.3 Å². The smallest absolute Gasteiger partial charge is 0.324 e. The summed E-state index contributed by atoms with van der Waals surface area (Å²) in [5, 5.41) is 25.8. The Labute approximate surface area is 118 Å². The van der Waals surface area contributed by atoms with Gasteiger partial charge in [0.15, 0.2) is 0 Å². The highest BCUT2D eigenvalue weighted by molar-refractivity contribution is 7.13. The van der Waals surface area contributed by atoms with Crippen molar-refractivity contribution in [1.82, 2.24) is 4.90 Å². The quantitative estimate of drug-likeness (QED) is 0.630. The first-order valence-corrected chi connectivity index (χ1v) is 7.57. The molecule has 0 atom stereocenters. The molecule has 0 saturated carbocycles. The van der Waals surface area contributed by atoms with Gasteiger partial charge in [0.05, 0.1) is 11.5 Å². The topological polar surface area (TPSA) is 66.6 Å². The maximum Gasteiger partial charge on any atom is 0.324 e. The van der Waals surface area contributed by atoms with E-state index in [1.54, 1.807) is 22.8 Å². The zero-order valence-electron chi connectivity index (χ0n) is 10.2. The molecule has 2 rings (SSSR count). The van der Waals surface area contributed by atoms with Crippen molar-refractivity contribution in [3.05, 3.63) is 49.5 Å². The van der Waals surface area contributed by atoms with E-state index in [1.165, 1.54) is 5.56 Å². The van der Waals surface area contributed by atoms with Crippen LogP contribution in [0.1, 0.15) is 11.1 Å². The van der Waals surface area contributed by atoms with Gasteiger partial charge in [-0.25, -0.2) is 0 Å². The van der Waals surface area contributed by atoms with E-state index in [0.29, 0.717) is 13.1 Å². The third-order valence-electron chi connectivity index (χ3n) is 2.63. The Kier molecular flexibility index (Phi) is 5.03. The average molecular weight is 298 g/mol. The lowest BCUT2D eigenvalue weighted by molar-refractivity contribution is -0.380. The van der Waals surface area contributed by atoms with Crippen LogP contribution >= 0.6 is 22.7 Å². The summed E-state index contributed by atoms with van der Waals surface area (Å²) in [5.41, 5.74) is 2.11. The van der Waals surface area contributed by atoms with Crippen LogP contribution in [0, 0.1) is 10.1 Å². The number of nitro groups is 1. The summed E-state index contributed by atoms with van der Waals surface area (Å²) >= 11 is 2.78. The summed E-state index contributed by atoms with van der Waals surface area (Å²) in [5.74, 6) is 0. The lowest BCUT2D eigenvalue weighted by Gasteiger charge is -2.19. The molecule has 0 spiro atoms. The summed E-state index contributed by atoms with van der Waals surface area (Å²) in [6, 6.07) is 3.65. The van der Waals surface area contributed by atoms with E-state index in [1.807, 2.05) is 11.4 Å². The molecule has 0 aliphatic rings. The molecule has 0 radical (unpaired) electrons. The first kappa shape index (κ1) is 14.1. The highest BCUT2D eigenvalue weighted by Crippen LogP contribution is 2.24. The van der Waals surface area contributed by atoms with Crippen LogP contribution in [-0.4, -0.2) is 28.1 Å². The normalized spacial score (nSPS) is 11.1. The van der Waals surface area contributed by atoms with Gasteiger partial charge in [-0.1, -0.05) is 11.3 Å². The summed E-state index contributed by atoms with van der Waals surface area (Å²) in [6.07, 6.45) is 0. The van der Waals surface area contributed by atoms with Crippen molar-refractivity contribution >= 4 is 27.7 Å². The largest absolute Gasteiger partial charge is 0.395 e. The molecule has 0 aliphatic heterocycles. The van der Waals surface area contributed by atoms with E-state index >= 15 is 0 Å². The maximum atomic E-state index is 10.6. The minimum Gasteiger partial charge on any atom is -0.395 e. The second kappa shape index (κ2) is 6.76. The number of hydrogen-bond acceptors (Lipinski definition) is 6. The third kappa shape index (κ3) is 4.10. The molecule has 102 valence electrons. The Hall–Kier alpha value is -1.28. The molecule has 19 heavy (non-hydrogen) atoms. The lowest BCUT2D eigenvalue weighted by atomic mass is 10.2. The second-order valence-corrected chi connectivity index (χ2v) is 5.79. The molecule has 0 unspecified atom stereocenters. The fourth-order valence-electron chi connectivity index (χ4n) is 1.80. The Morgan fingerprint density at radius 2 is 2.11 bits per heavy atom. The lowest BCUT2D eigenvalue weighted by Crippen LogP contribution is -2.25. The van der Waals surface area contributed by atoms with Gasteiger partial charge in [-0.3, -0.25) is 15.0 Å². The molecule has 0 saturated heterocycles. The highest BCUT2D eigenvalue weighted by Gasteiger charge is 2.13. The number of hydrogen-bond donors (Lipinski definition) is 1. The van der Waals surface area contributed by atoms with E-state index in [-0.39, 0.29) is 16.5 Å². The maximum absolute atomic E-state index is 10.6. The molecular weight excluding hydrogens is 284 g/mol. The van der Waals surface area contributed by atoms with E-state index in [0.717, 1.165) is 23.4 Å². The van der Waals surface area contributed by atoms with E-state index in [4.69, 9.17) is 5.11 Å². The second-order valence-electron chi connectivity index (χ2n) is 4.12. The molecule has 1 N–H and O–H groups in total. The molecule has 0 aliphatic carbocycles. The Morgan fingerprint density at radius 3 is 2.68 bits per heavy atom. The predicted molar refractivity (Wildman–Crippen MR) is 76.5 cm³/mol. The molecule has 2 heterocycles. The zero-order chi connectivity index (χ0) is 13.7. The van der Waals surface area contributed by atoms with Crippen molar-refractivity contribution in [3.63, 3.8) is 0 Å². The molecule has 5 nitrogen and oxygen atoms in total. The molecule has 0 fully saturated rings. The van der Waals surface area contributed by atoms with Gasteiger partial charge in [0, 0.05) is 31.1 Å². The van der Waals surface area contributed by atoms with Gasteiger partial charge >= 0.3 is 5.00 Å². The van der Waals surface area contributed by atoms with Crippen LogP contribution in [0.3, 0.4) is 0 Å². The Balaban J connectivity index is 2.00. The fourth-order valence-corrected chi connectivity index (χ4v) is 3.18. The molecule has 0 bridgehead atoms. The van der Waals surface area contributed by atoms with Crippen molar-refractivity contribution in [2.75, 3.05) is 13.2 Å². The van der Waals surface area contributed by atoms with Crippen molar-refractivity contribution in [2.45, 2.75) is 13.1 Å². The van der Waals surface area contributed by atoms with Crippen LogP contribution in [0.15, 0.2) is 28.3 Å². The van der Waals surface area contributed by atoms with Crippen molar-refractivity contribution in [2.24, 2.45) is 0 Å². The zero-order valence-corrected chi connectivity index (χ0v) is 11.8. The molecule has 7 heteroatoms. The van der Waals surface area contributed by atoms with Gasteiger partial charge in [0.25, 0.3) is 0 Å². The third-order valence-corrected chi connectivity index (χ3v) is 4.29. The highest BCUT2D eigenvalue weighted by atomic mass is 32.1. The van der Waals surface area contributed by atoms with Crippen LogP contribution in [0.5, 0.6) is 0 Å². The van der Waals surface area contributed by atoms with Gasteiger partial charge in [-0.2, -0.15) is 11.3 Å². The van der Waals surface area contributed by atoms with Crippen molar-refractivity contribution in [3.8, 4) is 0 Å². The average Bonchev–Trinajstić information content (AvgIpc) is 3.00. The number of aliphatic hydroxyl groups is 1. The van der Waals surface area contributed by atoms with Crippen LogP contribution in [0.4, 0.5) is 5.00 Å². The van der Waals surface area contributed by atoms with Crippen LogP contribution in [0.25, 0.3) is 0 Å². The monoisotopic (exact) mass is 298 g/mol. The van der Waals surface area contributed by atoms with Crippen LogP contribution in [-0.2, 0) is 13.1 Å². The van der Waals surface area contributed by atoms with E-state index < -0.39 is 0 Å². The minimum atomic E-state index is -0.372. The van der Waals surface area contributed by atoms with Gasteiger partial charge < -0.3 is 5.11 Å². The molecule has 0 aromatic carbocycles. The summed E-state index contributed by atoms with van der Waals surface area (Å²) < 4.78 is 0.